The monoisotopic (exact) mass is 242 g/mol. The molecule has 1 N–H and O–H groups in total. The van der Waals surface area contributed by atoms with E-state index in [0.29, 0.717) is 25.4 Å². The van der Waals surface area contributed by atoms with E-state index in [1.54, 1.807) is 6.26 Å². The van der Waals surface area contributed by atoms with Crippen LogP contribution in [0.4, 0.5) is 0 Å². The van der Waals surface area contributed by atoms with Gasteiger partial charge in [0.1, 0.15) is 0 Å². The molecule has 0 saturated carbocycles. The molecule has 1 unspecified atom stereocenters. The van der Waals surface area contributed by atoms with E-state index in [9.17, 15) is 9.32 Å². The molecular weight excluding hydrogens is 224 g/mol. The van der Waals surface area contributed by atoms with E-state index in [2.05, 4.69) is 0 Å². The fourth-order valence-electron chi connectivity index (χ4n) is 1.27. The Balaban J connectivity index is 2.13. The molecule has 0 saturated heterocycles. The second kappa shape index (κ2) is 7.54. The first-order valence-electron chi connectivity index (χ1n) is 5.28. The first-order valence-corrected chi connectivity index (χ1v) is 7.01. The zero-order chi connectivity index (χ0) is 11.8. The van der Waals surface area contributed by atoms with Gasteiger partial charge in [0.15, 0.2) is 0 Å². The van der Waals surface area contributed by atoms with E-state index in [1.165, 1.54) is 0 Å². The molecule has 16 heavy (non-hydrogen) atoms. The summed E-state index contributed by atoms with van der Waals surface area (Å²) in [6.07, 6.45) is 1.64. The number of hydrogen-bond donors (Lipinski definition) is 1. The predicted molar refractivity (Wildman–Crippen MR) is 65.7 cm³/mol. The van der Waals surface area contributed by atoms with Crippen LogP contribution < -0.4 is 0 Å². The quantitative estimate of drug-likeness (QED) is 0.784. The van der Waals surface area contributed by atoms with Gasteiger partial charge in [-0.15, -0.1) is 0 Å². The summed E-state index contributed by atoms with van der Waals surface area (Å²) in [7, 11) is -0.843. The van der Waals surface area contributed by atoms with Crippen molar-refractivity contribution < 1.29 is 14.1 Å². The summed E-state index contributed by atoms with van der Waals surface area (Å²) in [4.78, 5) is 0. The third kappa shape index (κ3) is 6.00. The highest BCUT2D eigenvalue weighted by molar-refractivity contribution is 7.84. The fourth-order valence-corrected chi connectivity index (χ4v) is 1.88. The SMILES string of the molecule is CS(=O)CC[C@@H](O)COCc1ccccc1. The number of aliphatic hydroxyl groups excluding tert-OH is 1. The van der Waals surface area contributed by atoms with Gasteiger partial charge in [-0.3, -0.25) is 4.21 Å². The van der Waals surface area contributed by atoms with Crippen molar-refractivity contribution in [3.8, 4) is 0 Å². The minimum Gasteiger partial charge on any atom is -0.391 e. The van der Waals surface area contributed by atoms with Gasteiger partial charge < -0.3 is 9.84 Å². The number of aliphatic hydroxyl groups is 1. The third-order valence-corrected chi connectivity index (χ3v) is 2.97. The van der Waals surface area contributed by atoms with E-state index in [4.69, 9.17) is 4.74 Å². The molecule has 1 rings (SSSR count). The number of rotatable bonds is 7. The van der Waals surface area contributed by atoms with Crippen molar-refractivity contribution >= 4 is 10.8 Å². The summed E-state index contributed by atoms with van der Waals surface area (Å²) < 4.78 is 16.2. The second-order valence-corrected chi connectivity index (χ2v) is 5.28. The van der Waals surface area contributed by atoms with E-state index >= 15 is 0 Å². The lowest BCUT2D eigenvalue weighted by Gasteiger charge is -2.10. The largest absolute Gasteiger partial charge is 0.391 e. The van der Waals surface area contributed by atoms with Gasteiger partial charge in [-0.2, -0.15) is 0 Å². The summed E-state index contributed by atoms with van der Waals surface area (Å²) in [5, 5.41) is 9.52. The normalized spacial score (nSPS) is 14.6. The van der Waals surface area contributed by atoms with E-state index in [0.717, 1.165) is 5.56 Å². The molecule has 0 radical (unpaired) electrons. The molecule has 1 aromatic rings. The Labute approximate surface area is 98.9 Å². The topological polar surface area (TPSA) is 46.5 Å². The number of hydrogen-bond acceptors (Lipinski definition) is 3. The Morgan fingerprint density at radius 2 is 2.06 bits per heavy atom. The highest BCUT2D eigenvalue weighted by Gasteiger charge is 2.05. The molecule has 0 aliphatic heterocycles. The molecule has 0 heterocycles. The van der Waals surface area contributed by atoms with E-state index in [-0.39, 0.29) is 0 Å². The Hall–Kier alpha value is -0.710. The van der Waals surface area contributed by atoms with Crippen LogP contribution in [-0.4, -0.2) is 34.0 Å². The van der Waals surface area contributed by atoms with Gasteiger partial charge in [-0.05, 0) is 12.0 Å². The third-order valence-electron chi connectivity index (χ3n) is 2.16. The smallest absolute Gasteiger partial charge is 0.0782 e. The van der Waals surface area contributed by atoms with Crippen molar-refractivity contribution in [2.75, 3.05) is 18.6 Å². The molecule has 0 fully saturated rings. The van der Waals surface area contributed by atoms with Crippen molar-refractivity contribution in [3.05, 3.63) is 35.9 Å². The lowest BCUT2D eigenvalue weighted by molar-refractivity contribution is 0.0274. The molecule has 4 heteroatoms. The van der Waals surface area contributed by atoms with Gasteiger partial charge in [0.05, 0.1) is 19.3 Å². The fraction of sp³-hybridized carbons (Fsp3) is 0.500. The minimum atomic E-state index is -0.843. The number of ether oxygens (including phenoxy) is 1. The lowest BCUT2D eigenvalue weighted by atomic mass is 10.2. The van der Waals surface area contributed by atoms with E-state index in [1.807, 2.05) is 30.3 Å². The molecule has 3 nitrogen and oxygen atoms in total. The second-order valence-electron chi connectivity index (χ2n) is 3.72. The van der Waals surface area contributed by atoms with Crippen molar-refractivity contribution in [2.24, 2.45) is 0 Å². The molecule has 90 valence electrons. The van der Waals surface area contributed by atoms with Crippen molar-refractivity contribution in [2.45, 2.75) is 19.1 Å². The van der Waals surface area contributed by atoms with Crippen LogP contribution in [0.2, 0.25) is 0 Å². The van der Waals surface area contributed by atoms with Gasteiger partial charge >= 0.3 is 0 Å². The first kappa shape index (κ1) is 13.4. The first-order chi connectivity index (χ1) is 7.68. The van der Waals surface area contributed by atoms with Crippen LogP contribution in [0.3, 0.4) is 0 Å². The average molecular weight is 242 g/mol. The molecule has 0 spiro atoms. The minimum absolute atomic E-state index is 0.298. The Bertz CT molecular complexity index is 313. The zero-order valence-corrected chi connectivity index (χ0v) is 10.3. The lowest BCUT2D eigenvalue weighted by Crippen LogP contribution is -2.17. The summed E-state index contributed by atoms with van der Waals surface area (Å²) in [6.45, 7) is 0.805. The van der Waals surface area contributed by atoms with Crippen LogP contribution in [0.15, 0.2) is 30.3 Å². The van der Waals surface area contributed by atoms with Crippen LogP contribution in [0.25, 0.3) is 0 Å². The van der Waals surface area contributed by atoms with Gasteiger partial charge in [-0.25, -0.2) is 0 Å². The Morgan fingerprint density at radius 1 is 1.38 bits per heavy atom. The maximum atomic E-state index is 10.8. The summed E-state index contributed by atoms with van der Waals surface area (Å²) in [5.74, 6) is 0.524. The van der Waals surface area contributed by atoms with Gasteiger partial charge in [0.25, 0.3) is 0 Å². The van der Waals surface area contributed by atoms with Gasteiger partial charge in [0.2, 0.25) is 0 Å². The predicted octanol–water partition coefficient (Wildman–Crippen LogP) is 1.33. The van der Waals surface area contributed by atoms with Gasteiger partial charge in [0, 0.05) is 22.8 Å². The van der Waals surface area contributed by atoms with Crippen molar-refractivity contribution in [3.63, 3.8) is 0 Å². The molecule has 0 bridgehead atoms. The molecule has 0 aromatic heterocycles. The van der Waals surface area contributed by atoms with E-state index < -0.39 is 16.9 Å². The molecule has 0 amide bonds. The summed E-state index contributed by atoms with van der Waals surface area (Å²) in [6, 6.07) is 9.82. The molecule has 2 atom stereocenters. The maximum absolute atomic E-state index is 10.8. The number of benzene rings is 1. The Morgan fingerprint density at radius 3 is 2.69 bits per heavy atom. The highest BCUT2D eigenvalue weighted by Crippen LogP contribution is 2.02. The van der Waals surface area contributed by atoms with Crippen LogP contribution >= 0.6 is 0 Å². The average Bonchev–Trinajstić information content (AvgIpc) is 2.28. The van der Waals surface area contributed by atoms with Crippen molar-refractivity contribution in [1.29, 1.82) is 0 Å². The molecule has 0 aliphatic rings. The summed E-state index contributed by atoms with van der Waals surface area (Å²) in [5.41, 5.74) is 1.09. The summed E-state index contributed by atoms with van der Waals surface area (Å²) >= 11 is 0. The van der Waals surface area contributed by atoms with Crippen LogP contribution in [0.1, 0.15) is 12.0 Å². The standard InChI is InChI=1S/C12H18O3S/c1-16(14)8-7-12(13)10-15-9-11-5-3-2-4-6-11/h2-6,12-13H,7-10H2,1H3/t12-,16?/m1/s1. The molecule has 1 aromatic carbocycles. The zero-order valence-electron chi connectivity index (χ0n) is 9.46. The maximum Gasteiger partial charge on any atom is 0.0782 e. The van der Waals surface area contributed by atoms with Crippen LogP contribution in [0, 0.1) is 0 Å². The van der Waals surface area contributed by atoms with Gasteiger partial charge in [-0.1, -0.05) is 30.3 Å². The van der Waals surface area contributed by atoms with Crippen molar-refractivity contribution in [1.82, 2.24) is 0 Å². The molecule has 0 aliphatic carbocycles. The Kier molecular flexibility index (Phi) is 6.30. The van der Waals surface area contributed by atoms with Crippen LogP contribution in [-0.2, 0) is 22.1 Å². The van der Waals surface area contributed by atoms with Crippen LogP contribution in [0.5, 0.6) is 0 Å². The highest BCUT2D eigenvalue weighted by atomic mass is 32.2. The molecular formula is C12H18O3S.